The van der Waals surface area contributed by atoms with Crippen LogP contribution in [-0.4, -0.2) is 44.0 Å². The van der Waals surface area contributed by atoms with Crippen molar-refractivity contribution in [3.05, 3.63) is 60.3 Å². The Morgan fingerprint density at radius 1 is 1.24 bits per heavy atom. The monoisotopic (exact) mass is 522 g/mol. The Labute approximate surface area is 222 Å². The molecule has 1 unspecified atom stereocenters. The SMILES string of the molecule is CC(=O)N1c2ccc(-c3cnn(CCC(NC(=O)O)C(C)(C)C)c3)cc2[C@H](Nc2ncccc2F)C[C@@H]1C. The fraction of sp³-hybridized carbons (Fsp3) is 0.429. The molecule has 1 aliphatic heterocycles. The van der Waals surface area contributed by atoms with E-state index in [4.69, 9.17) is 0 Å². The van der Waals surface area contributed by atoms with Crippen LogP contribution in [0.2, 0.25) is 0 Å². The minimum Gasteiger partial charge on any atom is -0.465 e. The van der Waals surface area contributed by atoms with E-state index < -0.39 is 11.9 Å². The molecule has 38 heavy (non-hydrogen) atoms. The van der Waals surface area contributed by atoms with E-state index in [9.17, 15) is 19.1 Å². The third-order valence-electron chi connectivity index (χ3n) is 7.05. The summed E-state index contributed by atoms with van der Waals surface area (Å²) < 4.78 is 16.2. The standard InChI is InChI=1S/C28H35FN6O3/c1-17-13-23(32-26-22(29)7-6-11-30-26)21-14-19(8-9-24(21)35(17)18(2)36)20-15-31-34(16-20)12-10-25(28(3,4)5)33-27(37)38/h6-9,11,14-17,23,25,33H,10,12-13H2,1-5H3,(H,30,32)(H,37,38)/t17-,23+,25?/m0/s1. The molecule has 0 saturated heterocycles. The number of carbonyl (C=O) groups is 2. The van der Waals surface area contributed by atoms with Gasteiger partial charge in [-0.1, -0.05) is 26.8 Å². The zero-order chi connectivity index (χ0) is 27.6. The van der Waals surface area contributed by atoms with Gasteiger partial charge in [0.25, 0.3) is 0 Å². The van der Waals surface area contributed by atoms with Crippen molar-refractivity contribution in [2.45, 2.75) is 72.1 Å². The molecule has 0 radical (unpaired) electrons. The molecule has 0 saturated carbocycles. The van der Waals surface area contributed by atoms with Gasteiger partial charge in [-0.3, -0.25) is 9.48 Å². The van der Waals surface area contributed by atoms with Gasteiger partial charge in [-0.25, -0.2) is 14.2 Å². The zero-order valence-corrected chi connectivity index (χ0v) is 22.4. The Morgan fingerprint density at radius 3 is 2.66 bits per heavy atom. The third-order valence-corrected chi connectivity index (χ3v) is 7.05. The largest absolute Gasteiger partial charge is 0.465 e. The van der Waals surface area contributed by atoms with Gasteiger partial charge in [0.2, 0.25) is 5.91 Å². The zero-order valence-electron chi connectivity index (χ0n) is 22.4. The quantitative estimate of drug-likeness (QED) is 0.380. The molecule has 3 aromatic rings. The maximum Gasteiger partial charge on any atom is 0.404 e. The number of benzene rings is 1. The number of fused-ring (bicyclic) bond motifs is 1. The summed E-state index contributed by atoms with van der Waals surface area (Å²) in [7, 11) is 0. The van der Waals surface area contributed by atoms with E-state index in [0.717, 1.165) is 22.4 Å². The molecule has 0 fully saturated rings. The average Bonchev–Trinajstić information content (AvgIpc) is 3.31. The third kappa shape index (κ3) is 5.95. The van der Waals surface area contributed by atoms with Gasteiger partial charge in [0.1, 0.15) is 0 Å². The fourth-order valence-corrected chi connectivity index (χ4v) is 5.08. The van der Waals surface area contributed by atoms with Crippen molar-refractivity contribution in [2.24, 2.45) is 5.41 Å². The average molecular weight is 523 g/mol. The van der Waals surface area contributed by atoms with Gasteiger partial charge in [-0.2, -0.15) is 5.10 Å². The molecule has 4 rings (SSSR count). The first-order valence-electron chi connectivity index (χ1n) is 12.8. The summed E-state index contributed by atoms with van der Waals surface area (Å²) in [6, 6.07) is 8.26. The van der Waals surface area contributed by atoms with Crippen molar-refractivity contribution in [3.63, 3.8) is 0 Å². The number of carbonyl (C=O) groups excluding carboxylic acids is 1. The molecule has 0 spiro atoms. The number of nitrogens with zero attached hydrogens (tertiary/aromatic N) is 4. The van der Waals surface area contributed by atoms with Crippen molar-refractivity contribution >= 4 is 23.5 Å². The summed E-state index contributed by atoms with van der Waals surface area (Å²) in [5.41, 5.74) is 3.24. The molecule has 10 heteroatoms. The second-order valence-corrected chi connectivity index (χ2v) is 10.9. The van der Waals surface area contributed by atoms with Gasteiger partial charge < -0.3 is 20.6 Å². The number of rotatable bonds is 7. The van der Waals surface area contributed by atoms with Crippen LogP contribution in [0.1, 0.15) is 59.1 Å². The van der Waals surface area contributed by atoms with E-state index in [0.29, 0.717) is 19.4 Å². The van der Waals surface area contributed by atoms with Crippen molar-refractivity contribution < 1.29 is 19.1 Å². The van der Waals surface area contributed by atoms with Crippen LogP contribution < -0.4 is 15.5 Å². The first-order chi connectivity index (χ1) is 17.9. The molecule has 9 nitrogen and oxygen atoms in total. The number of nitrogens with one attached hydrogen (secondary N) is 2. The molecule has 2 amide bonds. The van der Waals surface area contributed by atoms with Crippen LogP contribution in [0.4, 0.5) is 20.7 Å². The van der Waals surface area contributed by atoms with Gasteiger partial charge in [0.05, 0.1) is 12.2 Å². The fourth-order valence-electron chi connectivity index (χ4n) is 5.08. The van der Waals surface area contributed by atoms with Crippen LogP contribution in [0, 0.1) is 11.2 Å². The summed E-state index contributed by atoms with van der Waals surface area (Å²) >= 11 is 0. The van der Waals surface area contributed by atoms with Crippen LogP contribution >= 0.6 is 0 Å². The molecule has 3 atom stereocenters. The number of pyridine rings is 1. The molecule has 0 bridgehead atoms. The first kappa shape index (κ1) is 27.1. The molecule has 1 aromatic carbocycles. The van der Waals surface area contributed by atoms with Crippen LogP contribution in [-0.2, 0) is 11.3 Å². The van der Waals surface area contributed by atoms with E-state index in [-0.39, 0.29) is 35.3 Å². The molecule has 1 aliphatic rings. The van der Waals surface area contributed by atoms with E-state index in [1.54, 1.807) is 35.0 Å². The highest BCUT2D eigenvalue weighted by molar-refractivity contribution is 5.94. The molecule has 202 valence electrons. The first-order valence-corrected chi connectivity index (χ1v) is 12.8. The smallest absolute Gasteiger partial charge is 0.404 e. The van der Waals surface area contributed by atoms with E-state index >= 15 is 0 Å². The Hall–Kier alpha value is -3.95. The van der Waals surface area contributed by atoms with Crippen LogP contribution in [0.15, 0.2) is 48.9 Å². The highest BCUT2D eigenvalue weighted by Gasteiger charge is 2.33. The Morgan fingerprint density at radius 2 is 2.00 bits per heavy atom. The summed E-state index contributed by atoms with van der Waals surface area (Å²) in [6.45, 7) is 10.1. The number of anilines is 2. The Kier molecular flexibility index (Phi) is 7.71. The second-order valence-electron chi connectivity index (χ2n) is 10.9. The number of aryl methyl sites for hydroxylation is 1. The number of halogens is 1. The molecule has 3 heterocycles. The van der Waals surface area contributed by atoms with Gasteiger partial charge >= 0.3 is 6.09 Å². The van der Waals surface area contributed by atoms with E-state index in [2.05, 4.69) is 20.7 Å². The number of hydrogen-bond acceptors (Lipinski definition) is 5. The van der Waals surface area contributed by atoms with Gasteiger partial charge in [-0.05, 0) is 60.6 Å². The summed E-state index contributed by atoms with van der Waals surface area (Å²) in [5, 5.41) is 19.6. The minimum atomic E-state index is -1.04. The molecular formula is C28H35FN6O3. The van der Waals surface area contributed by atoms with Gasteiger partial charge in [0.15, 0.2) is 11.6 Å². The second kappa shape index (κ2) is 10.8. The van der Waals surface area contributed by atoms with Crippen molar-refractivity contribution in [2.75, 3.05) is 10.2 Å². The lowest BCUT2D eigenvalue weighted by molar-refractivity contribution is -0.117. The maximum absolute atomic E-state index is 14.4. The van der Waals surface area contributed by atoms with Crippen LogP contribution in [0.5, 0.6) is 0 Å². The molecular weight excluding hydrogens is 487 g/mol. The predicted molar refractivity (Wildman–Crippen MR) is 144 cm³/mol. The summed E-state index contributed by atoms with van der Waals surface area (Å²) in [5.74, 6) is -0.308. The molecule has 3 N–H and O–H groups in total. The topological polar surface area (TPSA) is 112 Å². The lowest BCUT2D eigenvalue weighted by atomic mass is 9.85. The van der Waals surface area contributed by atoms with E-state index in [1.165, 1.54) is 6.07 Å². The number of amides is 2. The highest BCUT2D eigenvalue weighted by atomic mass is 19.1. The Balaban J connectivity index is 1.61. The number of aromatic nitrogens is 3. The number of carboxylic acid groups (broad SMARTS) is 1. The molecule has 0 aliphatic carbocycles. The van der Waals surface area contributed by atoms with Crippen molar-refractivity contribution in [1.82, 2.24) is 20.1 Å². The van der Waals surface area contributed by atoms with Gasteiger partial charge in [-0.15, -0.1) is 0 Å². The van der Waals surface area contributed by atoms with Crippen molar-refractivity contribution in [1.29, 1.82) is 0 Å². The van der Waals surface area contributed by atoms with Crippen LogP contribution in [0.3, 0.4) is 0 Å². The predicted octanol–water partition coefficient (Wildman–Crippen LogP) is 5.45. The Bertz CT molecular complexity index is 1320. The minimum absolute atomic E-state index is 0.0508. The van der Waals surface area contributed by atoms with Crippen LogP contribution in [0.25, 0.3) is 11.1 Å². The lowest BCUT2D eigenvalue weighted by Gasteiger charge is -2.39. The van der Waals surface area contributed by atoms with E-state index in [1.807, 2.05) is 52.1 Å². The molecule has 2 aromatic heterocycles. The van der Waals surface area contributed by atoms with Gasteiger partial charge in [0, 0.05) is 49.2 Å². The lowest BCUT2D eigenvalue weighted by Crippen LogP contribution is -2.43. The highest BCUT2D eigenvalue weighted by Crippen LogP contribution is 2.41. The summed E-state index contributed by atoms with van der Waals surface area (Å²) in [4.78, 5) is 29.7. The van der Waals surface area contributed by atoms with Crippen molar-refractivity contribution in [3.8, 4) is 11.1 Å². The summed E-state index contributed by atoms with van der Waals surface area (Å²) in [6.07, 6.45) is 5.39. The maximum atomic E-state index is 14.4. The normalized spacial score (nSPS) is 18.0. The number of hydrogen-bond donors (Lipinski definition) is 3.